The molecule has 1 N–H and O–H groups in total. The molecule has 2 heteroatoms. The van der Waals surface area contributed by atoms with E-state index >= 15 is 0 Å². The first-order valence-corrected chi connectivity index (χ1v) is 7.13. The van der Waals surface area contributed by atoms with Crippen molar-refractivity contribution in [3.05, 3.63) is 0 Å². The number of hydrogen-bond acceptors (Lipinski definition) is 2. The van der Waals surface area contributed by atoms with Gasteiger partial charge in [0.05, 0.1) is 11.7 Å². The highest BCUT2D eigenvalue weighted by atomic mass is 16.5. The minimum Gasteiger partial charge on any atom is -0.372 e. The topological polar surface area (TPSA) is 21.3 Å². The average Bonchev–Trinajstić information content (AvgIpc) is 2.83. The Morgan fingerprint density at radius 2 is 1.82 bits per heavy atom. The molecule has 2 rings (SSSR count). The van der Waals surface area contributed by atoms with E-state index in [9.17, 15) is 0 Å². The molecule has 1 atom stereocenters. The van der Waals surface area contributed by atoms with Crippen LogP contribution in [0.15, 0.2) is 0 Å². The van der Waals surface area contributed by atoms with Crippen molar-refractivity contribution in [2.24, 2.45) is 5.41 Å². The first-order chi connectivity index (χ1) is 7.70. The summed E-state index contributed by atoms with van der Waals surface area (Å²) in [4.78, 5) is 0. The quantitative estimate of drug-likeness (QED) is 0.810. The summed E-state index contributed by atoms with van der Waals surface area (Å²) in [5.74, 6) is 0. The van der Waals surface area contributed by atoms with Gasteiger partial charge < -0.3 is 10.1 Å². The molecule has 0 aromatic rings. The van der Waals surface area contributed by atoms with Crippen LogP contribution < -0.4 is 5.32 Å². The largest absolute Gasteiger partial charge is 0.372 e. The summed E-state index contributed by atoms with van der Waals surface area (Å²) in [5, 5.41) is 3.66. The lowest BCUT2D eigenvalue weighted by Gasteiger charge is -2.27. The molecule has 100 valence electrons. The van der Waals surface area contributed by atoms with E-state index in [4.69, 9.17) is 4.74 Å². The molecule has 0 aromatic carbocycles. The Morgan fingerprint density at radius 3 is 2.24 bits per heavy atom. The summed E-state index contributed by atoms with van der Waals surface area (Å²) in [6, 6.07) is 0. The van der Waals surface area contributed by atoms with Gasteiger partial charge in [0.25, 0.3) is 0 Å². The molecule has 0 bridgehead atoms. The van der Waals surface area contributed by atoms with Gasteiger partial charge in [-0.05, 0) is 72.1 Å². The van der Waals surface area contributed by atoms with Crippen LogP contribution in [0.3, 0.4) is 0 Å². The van der Waals surface area contributed by atoms with Crippen molar-refractivity contribution in [2.45, 2.75) is 84.0 Å². The Bertz CT molecular complexity index is 273. The molecule has 2 nitrogen and oxygen atoms in total. The molecule has 2 fully saturated rings. The van der Waals surface area contributed by atoms with Crippen molar-refractivity contribution in [3.63, 3.8) is 0 Å². The molecule has 0 amide bonds. The lowest BCUT2D eigenvalue weighted by molar-refractivity contribution is -0.0266. The van der Waals surface area contributed by atoms with Gasteiger partial charge in [0.1, 0.15) is 0 Å². The van der Waals surface area contributed by atoms with Crippen molar-refractivity contribution >= 4 is 0 Å². The fourth-order valence-corrected chi connectivity index (χ4v) is 2.79. The Kier molecular flexibility index (Phi) is 3.33. The maximum atomic E-state index is 6.13. The van der Waals surface area contributed by atoms with Crippen molar-refractivity contribution in [3.8, 4) is 0 Å². The molecule has 1 aliphatic carbocycles. The lowest BCUT2D eigenvalue weighted by atomic mass is 9.95. The predicted octanol–water partition coefficient (Wildman–Crippen LogP) is 3.50. The minimum atomic E-state index is 0.123. The third-order valence-corrected chi connectivity index (χ3v) is 4.17. The monoisotopic (exact) mass is 239 g/mol. The summed E-state index contributed by atoms with van der Waals surface area (Å²) in [5.41, 5.74) is 0.919. The predicted molar refractivity (Wildman–Crippen MR) is 72.2 cm³/mol. The molecule has 17 heavy (non-hydrogen) atoms. The highest BCUT2D eigenvalue weighted by molar-refractivity contribution is 4.99. The van der Waals surface area contributed by atoms with Crippen LogP contribution in [0.1, 0.15) is 66.7 Å². The zero-order valence-corrected chi connectivity index (χ0v) is 12.2. The van der Waals surface area contributed by atoms with E-state index < -0.39 is 0 Å². The van der Waals surface area contributed by atoms with E-state index in [0.717, 1.165) is 6.54 Å². The van der Waals surface area contributed by atoms with Gasteiger partial charge in [-0.1, -0.05) is 0 Å². The number of ether oxygens (including phenoxy) is 1. The van der Waals surface area contributed by atoms with E-state index in [0.29, 0.717) is 11.5 Å². The lowest BCUT2D eigenvalue weighted by Crippen LogP contribution is -2.40. The SMILES string of the molecule is CC(C)(C)NCC1(CC2CCC(C)(C)O2)CC1. The van der Waals surface area contributed by atoms with Gasteiger partial charge >= 0.3 is 0 Å². The van der Waals surface area contributed by atoms with Gasteiger partial charge in [-0.15, -0.1) is 0 Å². The van der Waals surface area contributed by atoms with E-state index in [1.165, 1.54) is 32.1 Å². The smallest absolute Gasteiger partial charge is 0.0631 e. The van der Waals surface area contributed by atoms with Crippen LogP contribution in [-0.2, 0) is 4.74 Å². The van der Waals surface area contributed by atoms with Gasteiger partial charge in [0, 0.05) is 12.1 Å². The van der Waals surface area contributed by atoms with Crippen LogP contribution in [0.4, 0.5) is 0 Å². The molecular formula is C15H29NO. The van der Waals surface area contributed by atoms with Crippen LogP contribution >= 0.6 is 0 Å². The zero-order chi connectivity index (χ0) is 12.7. The van der Waals surface area contributed by atoms with Crippen LogP contribution in [0, 0.1) is 5.41 Å². The molecule has 1 saturated heterocycles. The number of hydrogen-bond donors (Lipinski definition) is 1. The summed E-state index contributed by atoms with van der Waals surface area (Å²) in [6.07, 6.45) is 7.02. The fourth-order valence-electron chi connectivity index (χ4n) is 2.79. The van der Waals surface area contributed by atoms with Crippen LogP contribution in [0.5, 0.6) is 0 Å². The first kappa shape index (κ1) is 13.4. The second kappa shape index (κ2) is 4.24. The average molecular weight is 239 g/mol. The van der Waals surface area contributed by atoms with Gasteiger partial charge in [0.2, 0.25) is 0 Å². The zero-order valence-electron chi connectivity index (χ0n) is 12.2. The standard InChI is InChI=1S/C15H29NO/c1-13(2,3)16-11-15(8-9-15)10-12-6-7-14(4,5)17-12/h12,16H,6-11H2,1-5H3. The molecule has 1 aliphatic heterocycles. The third kappa shape index (κ3) is 3.96. The van der Waals surface area contributed by atoms with Crippen molar-refractivity contribution in [1.29, 1.82) is 0 Å². The summed E-state index contributed by atoms with van der Waals surface area (Å²) in [7, 11) is 0. The number of rotatable bonds is 4. The van der Waals surface area contributed by atoms with Crippen LogP contribution in [0.25, 0.3) is 0 Å². The maximum absolute atomic E-state index is 6.13. The van der Waals surface area contributed by atoms with Crippen molar-refractivity contribution in [1.82, 2.24) is 5.32 Å². The molecular weight excluding hydrogens is 210 g/mol. The van der Waals surface area contributed by atoms with Crippen molar-refractivity contribution < 1.29 is 4.74 Å². The summed E-state index contributed by atoms with van der Waals surface area (Å²) < 4.78 is 6.13. The van der Waals surface area contributed by atoms with Gasteiger partial charge in [-0.3, -0.25) is 0 Å². The number of nitrogens with one attached hydrogen (secondary N) is 1. The van der Waals surface area contributed by atoms with Gasteiger partial charge in [0.15, 0.2) is 0 Å². The second-order valence-electron chi connectivity index (χ2n) is 7.85. The first-order valence-electron chi connectivity index (χ1n) is 7.13. The Labute approximate surface area is 107 Å². The van der Waals surface area contributed by atoms with Gasteiger partial charge in [-0.25, -0.2) is 0 Å². The fraction of sp³-hybridized carbons (Fsp3) is 1.00. The van der Waals surface area contributed by atoms with E-state index in [1.54, 1.807) is 0 Å². The molecule has 1 saturated carbocycles. The molecule has 0 spiro atoms. The Morgan fingerprint density at radius 1 is 1.18 bits per heavy atom. The maximum Gasteiger partial charge on any atom is 0.0631 e. The van der Waals surface area contributed by atoms with E-state index in [1.807, 2.05) is 0 Å². The van der Waals surface area contributed by atoms with E-state index in [2.05, 4.69) is 39.9 Å². The molecule has 1 heterocycles. The van der Waals surface area contributed by atoms with E-state index in [-0.39, 0.29) is 11.1 Å². The normalized spacial score (nSPS) is 30.5. The Hall–Kier alpha value is -0.0800. The summed E-state index contributed by atoms with van der Waals surface area (Å²) in [6.45, 7) is 12.4. The summed E-state index contributed by atoms with van der Waals surface area (Å²) >= 11 is 0. The van der Waals surface area contributed by atoms with Gasteiger partial charge in [-0.2, -0.15) is 0 Å². The molecule has 0 aromatic heterocycles. The molecule has 2 aliphatic rings. The molecule has 1 unspecified atom stereocenters. The minimum absolute atomic E-state index is 0.123. The molecule has 0 radical (unpaired) electrons. The van der Waals surface area contributed by atoms with Crippen LogP contribution in [-0.4, -0.2) is 23.8 Å². The Balaban J connectivity index is 1.79. The van der Waals surface area contributed by atoms with Crippen LogP contribution in [0.2, 0.25) is 0 Å². The second-order valence-corrected chi connectivity index (χ2v) is 7.85. The highest BCUT2D eigenvalue weighted by Crippen LogP contribution is 2.51. The third-order valence-electron chi connectivity index (χ3n) is 4.17. The van der Waals surface area contributed by atoms with Crippen molar-refractivity contribution in [2.75, 3.05) is 6.54 Å². The highest BCUT2D eigenvalue weighted by Gasteiger charge is 2.46.